The van der Waals surface area contributed by atoms with Gasteiger partial charge in [-0.3, -0.25) is 14.4 Å². The van der Waals surface area contributed by atoms with E-state index in [1.165, 1.54) is 0 Å². The van der Waals surface area contributed by atoms with Crippen molar-refractivity contribution >= 4 is 35.2 Å². The Hall–Kier alpha value is -3.36. The summed E-state index contributed by atoms with van der Waals surface area (Å²) in [5.74, 6) is -1.93. The number of amides is 3. The quantitative estimate of drug-likeness (QED) is 0.581. The lowest BCUT2D eigenvalue weighted by Gasteiger charge is -2.40. The highest BCUT2D eigenvalue weighted by Gasteiger charge is 2.74. The number of aliphatic hydroxyl groups is 1. The SMILES string of the molecule is Cc1ccc(C)c(N2CC=C[C@]34S[C@@]5(C)C=CCN(C)C(=O)[C@H]5[C@H]3C(=O)N([C@H](CO)c3ccccc3)C4C2=O)c1. The molecule has 0 aromatic heterocycles. The van der Waals surface area contributed by atoms with Crippen molar-refractivity contribution in [3.05, 3.63) is 89.5 Å². The zero-order valence-electron chi connectivity index (χ0n) is 23.3. The zero-order valence-corrected chi connectivity index (χ0v) is 24.1. The van der Waals surface area contributed by atoms with Gasteiger partial charge >= 0.3 is 0 Å². The molecule has 40 heavy (non-hydrogen) atoms. The Balaban J connectivity index is 1.56. The minimum atomic E-state index is -0.972. The van der Waals surface area contributed by atoms with Crippen LogP contribution in [-0.2, 0) is 14.4 Å². The smallest absolute Gasteiger partial charge is 0.251 e. The number of carbonyl (C=O) groups excluding carboxylic acids is 3. The number of aryl methyl sites for hydroxylation is 2. The van der Waals surface area contributed by atoms with E-state index in [4.69, 9.17) is 0 Å². The minimum absolute atomic E-state index is 0.0902. The second kappa shape index (κ2) is 9.63. The lowest BCUT2D eigenvalue weighted by atomic mass is 9.74. The highest BCUT2D eigenvalue weighted by molar-refractivity contribution is 8.02. The van der Waals surface area contributed by atoms with Crippen molar-refractivity contribution in [2.75, 3.05) is 31.6 Å². The summed E-state index contributed by atoms with van der Waals surface area (Å²) in [6, 6.07) is 13.8. The van der Waals surface area contributed by atoms with Crippen LogP contribution in [0.25, 0.3) is 0 Å². The first-order valence-corrected chi connectivity index (χ1v) is 14.6. The fourth-order valence-electron chi connectivity index (χ4n) is 7.17. The van der Waals surface area contributed by atoms with Gasteiger partial charge < -0.3 is 19.8 Å². The molecule has 208 valence electrons. The molecule has 1 unspecified atom stereocenters. The number of hydrogen-bond donors (Lipinski definition) is 1. The maximum Gasteiger partial charge on any atom is 0.251 e. The van der Waals surface area contributed by atoms with Crippen LogP contribution in [-0.4, -0.2) is 74.9 Å². The maximum absolute atomic E-state index is 14.8. The van der Waals surface area contributed by atoms with Crippen molar-refractivity contribution in [3.8, 4) is 0 Å². The first-order valence-electron chi connectivity index (χ1n) is 13.8. The molecule has 4 aliphatic heterocycles. The summed E-state index contributed by atoms with van der Waals surface area (Å²) in [6.07, 6.45) is 8.05. The van der Waals surface area contributed by atoms with Gasteiger partial charge in [0.05, 0.1) is 29.2 Å². The molecule has 4 aliphatic rings. The molecule has 6 rings (SSSR count). The first kappa shape index (κ1) is 26.8. The molecule has 0 bridgehead atoms. The Morgan fingerprint density at radius 1 is 0.950 bits per heavy atom. The molecule has 2 aromatic carbocycles. The lowest BCUT2D eigenvalue weighted by molar-refractivity contribution is -0.145. The second-order valence-electron chi connectivity index (χ2n) is 11.6. The Morgan fingerprint density at radius 2 is 1.68 bits per heavy atom. The molecule has 8 heteroatoms. The second-order valence-corrected chi connectivity index (χ2v) is 13.4. The van der Waals surface area contributed by atoms with Gasteiger partial charge in [-0.15, -0.1) is 11.8 Å². The fourth-order valence-corrected chi connectivity index (χ4v) is 9.32. The number of nitrogens with zero attached hydrogens (tertiary/aromatic N) is 3. The van der Waals surface area contributed by atoms with Gasteiger partial charge in [-0.05, 0) is 43.5 Å². The van der Waals surface area contributed by atoms with Crippen molar-refractivity contribution in [2.24, 2.45) is 11.8 Å². The van der Waals surface area contributed by atoms with Crippen molar-refractivity contribution in [1.82, 2.24) is 9.80 Å². The number of fused-ring (bicyclic) bond motifs is 2. The molecule has 0 radical (unpaired) electrons. The van der Waals surface area contributed by atoms with Crippen LogP contribution in [0.1, 0.15) is 29.7 Å². The van der Waals surface area contributed by atoms with Gasteiger partial charge in [-0.1, -0.05) is 66.8 Å². The molecule has 1 spiro atoms. The lowest BCUT2D eigenvalue weighted by Crippen LogP contribution is -2.54. The number of benzene rings is 2. The van der Waals surface area contributed by atoms with Gasteiger partial charge in [0.1, 0.15) is 6.04 Å². The number of thioether (sulfide) groups is 1. The predicted octanol–water partition coefficient (Wildman–Crippen LogP) is 3.66. The molecule has 2 saturated heterocycles. The molecular weight excluding hydrogens is 522 g/mol. The summed E-state index contributed by atoms with van der Waals surface area (Å²) in [7, 11) is 1.76. The van der Waals surface area contributed by atoms with E-state index in [2.05, 4.69) is 6.08 Å². The number of anilines is 1. The number of likely N-dealkylation sites (tertiary alicyclic amines) is 1. The minimum Gasteiger partial charge on any atom is -0.394 e. The summed E-state index contributed by atoms with van der Waals surface area (Å²) in [5, 5.41) is 10.7. The van der Waals surface area contributed by atoms with Crippen LogP contribution in [0.3, 0.4) is 0 Å². The maximum atomic E-state index is 14.8. The van der Waals surface area contributed by atoms with Crippen molar-refractivity contribution < 1.29 is 19.5 Å². The summed E-state index contributed by atoms with van der Waals surface area (Å²) in [5.41, 5.74) is 3.56. The van der Waals surface area contributed by atoms with E-state index in [-0.39, 0.29) is 24.3 Å². The highest BCUT2D eigenvalue weighted by atomic mass is 32.2. The number of aliphatic hydroxyl groups excluding tert-OH is 1. The van der Waals surface area contributed by atoms with Crippen molar-refractivity contribution in [3.63, 3.8) is 0 Å². The van der Waals surface area contributed by atoms with Gasteiger partial charge in [-0.25, -0.2) is 0 Å². The number of rotatable bonds is 4. The molecule has 4 heterocycles. The fraction of sp³-hybridized carbons (Fsp3) is 0.406. The molecular formula is C32H35N3O4S. The third-order valence-corrected chi connectivity index (χ3v) is 10.8. The topological polar surface area (TPSA) is 81.2 Å². The van der Waals surface area contributed by atoms with Crippen LogP contribution in [0.2, 0.25) is 0 Å². The normalized spacial score (nSPS) is 32.1. The predicted molar refractivity (Wildman–Crippen MR) is 157 cm³/mol. The molecule has 1 N–H and O–H groups in total. The third-order valence-electron chi connectivity index (χ3n) is 9.04. The first-order chi connectivity index (χ1) is 19.1. The molecule has 3 amide bonds. The van der Waals surface area contributed by atoms with E-state index in [0.29, 0.717) is 13.1 Å². The average Bonchev–Trinajstić information content (AvgIpc) is 3.21. The standard InChI is InChI=1S/C32H35N3O4S/c1-20-12-13-21(2)23(18-20)34-17-9-15-32-26(25-28(37)33(4)16-8-14-31(25,3)40-32)29(38)35(27(32)30(34)39)24(19-36)22-10-6-5-7-11-22/h5-15,18,24-27,36H,16-17,19H2,1-4H3/t24-,25-,26+,27?,31+,32+/m1/s1. The Kier molecular flexibility index (Phi) is 6.46. The average molecular weight is 558 g/mol. The van der Waals surface area contributed by atoms with Gasteiger partial charge in [0, 0.05) is 30.6 Å². The van der Waals surface area contributed by atoms with Gasteiger partial charge in [0.25, 0.3) is 5.91 Å². The third kappa shape index (κ3) is 3.79. The Labute approximate surface area is 239 Å². The van der Waals surface area contributed by atoms with Crippen LogP contribution in [0, 0.1) is 25.7 Å². The summed E-state index contributed by atoms with van der Waals surface area (Å²) >= 11 is 1.56. The summed E-state index contributed by atoms with van der Waals surface area (Å²) in [6.45, 7) is 6.49. The van der Waals surface area contributed by atoms with E-state index in [1.807, 2.05) is 87.5 Å². The molecule has 0 saturated carbocycles. The monoisotopic (exact) mass is 557 g/mol. The molecule has 0 aliphatic carbocycles. The van der Waals surface area contributed by atoms with Gasteiger partial charge in [-0.2, -0.15) is 0 Å². The van der Waals surface area contributed by atoms with Crippen molar-refractivity contribution in [1.29, 1.82) is 0 Å². The summed E-state index contributed by atoms with van der Waals surface area (Å²) in [4.78, 5) is 48.5. The van der Waals surface area contributed by atoms with Gasteiger partial charge in [0.2, 0.25) is 11.8 Å². The van der Waals surface area contributed by atoms with Crippen LogP contribution in [0.5, 0.6) is 0 Å². The molecule has 2 fully saturated rings. The van der Waals surface area contributed by atoms with E-state index in [1.54, 1.807) is 33.5 Å². The van der Waals surface area contributed by atoms with E-state index < -0.39 is 33.4 Å². The number of likely N-dealkylation sites (N-methyl/N-ethyl adjacent to an activating group) is 1. The van der Waals surface area contributed by atoms with E-state index >= 15 is 0 Å². The number of hydrogen-bond acceptors (Lipinski definition) is 5. The van der Waals surface area contributed by atoms with Crippen LogP contribution in [0.4, 0.5) is 5.69 Å². The Bertz CT molecular complexity index is 1440. The number of carbonyl (C=O) groups is 3. The highest BCUT2D eigenvalue weighted by Crippen LogP contribution is 2.66. The molecule has 6 atom stereocenters. The van der Waals surface area contributed by atoms with E-state index in [0.717, 1.165) is 22.4 Å². The van der Waals surface area contributed by atoms with Gasteiger partial charge in [0.15, 0.2) is 0 Å². The molecule has 2 aromatic rings. The largest absolute Gasteiger partial charge is 0.394 e. The Morgan fingerprint density at radius 3 is 2.40 bits per heavy atom. The van der Waals surface area contributed by atoms with E-state index in [9.17, 15) is 19.5 Å². The molecule has 7 nitrogen and oxygen atoms in total. The van der Waals surface area contributed by atoms with Crippen LogP contribution < -0.4 is 4.90 Å². The zero-order chi connectivity index (χ0) is 28.4. The van der Waals surface area contributed by atoms with Crippen LogP contribution in [0.15, 0.2) is 72.8 Å². The summed E-state index contributed by atoms with van der Waals surface area (Å²) < 4.78 is -1.63. The van der Waals surface area contributed by atoms with Crippen LogP contribution >= 0.6 is 11.8 Å². The van der Waals surface area contributed by atoms with Crippen molar-refractivity contribution in [2.45, 2.75) is 42.3 Å².